The number of pyridine rings is 1. The van der Waals surface area contributed by atoms with Crippen LogP contribution in [0.2, 0.25) is 0 Å². The van der Waals surface area contributed by atoms with E-state index in [1.807, 2.05) is 33.3 Å². The van der Waals surface area contributed by atoms with Gasteiger partial charge in [-0.25, -0.2) is 4.98 Å². The minimum Gasteiger partial charge on any atom is -0.392 e. The third kappa shape index (κ3) is 4.08. The van der Waals surface area contributed by atoms with Gasteiger partial charge < -0.3 is 14.6 Å². The second-order valence-electron chi connectivity index (χ2n) is 6.25. The van der Waals surface area contributed by atoms with E-state index in [2.05, 4.69) is 43.1 Å². The van der Waals surface area contributed by atoms with Gasteiger partial charge in [0.25, 0.3) is 0 Å². The summed E-state index contributed by atoms with van der Waals surface area (Å²) in [4.78, 5) is 11.5. The van der Waals surface area contributed by atoms with Gasteiger partial charge in [-0.3, -0.25) is 9.89 Å². The molecule has 0 unspecified atom stereocenters. The van der Waals surface area contributed by atoms with Crippen molar-refractivity contribution in [1.82, 2.24) is 19.8 Å². The predicted molar refractivity (Wildman–Crippen MR) is 102 cm³/mol. The first kappa shape index (κ1) is 17.6. The summed E-state index contributed by atoms with van der Waals surface area (Å²) in [5, 5.41) is 4.31. The lowest BCUT2D eigenvalue weighted by Gasteiger charge is -2.26. The SMILES string of the molecule is CN=C(/C=C(\C)NC)c1cn(CCN2CCOCC2)c2ncccc12. The minimum atomic E-state index is 0.830. The molecule has 1 fully saturated rings. The summed E-state index contributed by atoms with van der Waals surface area (Å²) < 4.78 is 7.67. The van der Waals surface area contributed by atoms with E-state index in [-0.39, 0.29) is 0 Å². The fraction of sp³-hybridized carbons (Fsp3) is 0.474. The summed E-state index contributed by atoms with van der Waals surface area (Å²) in [6.07, 6.45) is 6.11. The Labute approximate surface area is 149 Å². The average Bonchev–Trinajstić information content (AvgIpc) is 3.04. The Morgan fingerprint density at radius 3 is 2.88 bits per heavy atom. The van der Waals surface area contributed by atoms with E-state index in [1.54, 1.807) is 0 Å². The number of aromatic nitrogens is 2. The molecule has 1 aliphatic heterocycles. The standard InChI is InChI=1S/C19H27N5O/c1-15(20-2)13-18(21-3)17-14-24(19-16(17)5-4-6-22-19)8-7-23-9-11-25-12-10-23/h4-6,13-14,20H,7-12H2,1-3H3/b15-13+,21-18?. The van der Waals surface area contributed by atoms with E-state index < -0.39 is 0 Å². The highest BCUT2D eigenvalue weighted by Gasteiger charge is 2.15. The van der Waals surface area contributed by atoms with Crippen molar-refractivity contribution in [3.05, 3.63) is 41.9 Å². The first-order chi connectivity index (χ1) is 12.2. The second kappa shape index (κ2) is 8.27. The first-order valence-electron chi connectivity index (χ1n) is 8.80. The third-order valence-corrected chi connectivity index (χ3v) is 4.66. The van der Waals surface area contributed by atoms with Gasteiger partial charge in [0.2, 0.25) is 0 Å². The Morgan fingerprint density at radius 1 is 1.36 bits per heavy atom. The minimum absolute atomic E-state index is 0.830. The molecule has 2 aromatic heterocycles. The van der Waals surface area contributed by atoms with Crippen LogP contribution >= 0.6 is 0 Å². The summed E-state index contributed by atoms with van der Waals surface area (Å²) in [6, 6.07) is 4.11. The van der Waals surface area contributed by atoms with Gasteiger partial charge in [-0.05, 0) is 25.1 Å². The van der Waals surface area contributed by atoms with Crippen LogP contribution in [0, 0.1) is 0 Å². The van der Waals surface area contributed by atoms with Crippen LogP contribution in [-0.4, -0.2) is 67.1 Å². The quantitative estimate of drug-likeness (QED) is 0.816. The molecule has 0 aliphatic carbocycles. The first-order valence-corrected chi connectivity index (χ1v) is 8.80. The van der Waals surface area contributed by atoms with Gasteiger partial charge in [-0.15, -0.1) is 0 Å². The molecule has 6 heteroatoms. The fourth-order valence-corrected chi connectivity index (χ4v) is 3.11. The lowest BCUT2D eigenvalue weighted by molar-refractivity contribution is 0.0365. The number of nitrogens with one attached hydrogen (secondary N) is 1. The van der Waals surface area contributed by atoms with Crippen LogP contribution in [0.15, 0.2) is 41.3 Å². The number of hydrogen-bond acceptors (Lipinski definition) is 5. The van der Waals surface area contributed by atoms with Crippen molar-refractivity contribution in [3.63, 3.8) is 0 Å². The number of ether oxygens (including phenoxy) is 1. The van der Waals surface area contributed by atoms with Gasteiger partial charge in [-0.2, -0.15) is 0 Å². The summed E-state index contributed by atoms with van der Waals surface area (Å²) >= 11 is 0. The van der Waals surface area contributed by atoms with E-state index in [9.17, 15) is 0 Å². The van der Waals surface area contributed by atoms with Crippen molar-refractivity contribution >= 4 is 16.7 Å². The number of rotatable bonds is 6. The van der Waals surface area contributed by atoms with E-state index in [0.29, 0.717) is 0 Å². The van der Waals surface area contributed by atoms with Crippen LogP contribution in [0.5, 0.6) is 0 Å². The lowest BCUT2D eigenvalue weighted by atomic mass is 10.1. The molecule has 0 atom stereocenters. The monoisotopic (exact) mass is 341 g/mol. The van der Waals surface area contributed by atoms with Crippen LogP contribution in [0.3, 0.4) is 0 Å². The molecule has 0 saturated carbocycles. The summed E-state index contributed by atoms with van der Waals surface area (Å²) in [5.74, 6) is 0. The van der Waals surface area contributed by atoms with E-state index in [4.69, 9.17) is 4.74 Å². The molecule has 1 saturated heterocycles. The molecule has 0 bridgehead atoms. The fourth-order valence-electron chi connectivity index (χ4n) is 3.11. The van der Waals surface area contributed by atoms with Gasteiger partial charge >= 0.3 is 0 Å². The topological polar surface area (TPSA) is 54.7 Å². The van der Waals surface area contributed by atoms with Crippen molar-refractivity contribution in [2.45, 2.75) is 13.5 Å². The molecule has 3 rings (SSSR count). The van der Waals surface area contributed by atoms with Crippen LogP contribution in [0.25, 0.3) is 11.0 Å². The van der Waals surface area contributed by atoms with Gasteiger partial charge in [0, 0.05) is 69.3 Å². The molecule has 1 aliphatic rings. The molecular weight excluding hydrogens is 314 g/mol. The summed E-state index contributed by atoms with van der Waals surface area (Å²) in [5.41, 5.74) is 4.19. The highest BCUT2D eigenvalue weighted by molar-refractivity contribution is 6.16. The Bertz CT molecular complexity index is 771. The molecule has 0 spiro atoms. The molecule has 1 N–H and O–H groups in total. The van der Waals surface area contributed by atoms with E-state index in [1.165, 1.54) is 0 Å². The Morgan fingerprint density at radius 2 is 2.16 bits per heavy atom. The van der Waals surface area contributed by atoms with Gasteiger partial charge in [0.15, 0.2) is 0 Å². The lowest BCUT2D eigenvalue weighted by Crippen LogP contribution is -2.38. The largest absolute Gasteiger partial charge is 0.392 e. The van der Waals surface area contributed by atoms with Crippen molar-refractivity contribution in [2.75, 3.05) is 46.9 Å². The smallest absolute Gasteiger partial charge is 0.140 e. The zero-order valence-corrected chi connectivity index (χ0v) is 15.3. The van der Waals surface area contributed by atoms with Crippen molar-refractivity contribution in [2.24, 2.45) is 4.99 Å². The highest BCUT2D eigenvalue weighted by Crippen LogP contribution is 2.21. The van der Waals surface area contributed by atoms with Gasteiger partial charge in [0.05, 0.1) is 18.9 Å². The molecule has 2 aromatic rings. The molecule has 0 amide bonds. The number of fused-ring (bicyclic) bond motifs is 1. The molecule has 3 heterocycles. The number of morpholine rings is 1. The Balaban J connectivity index is 1.89. The van der Waals surface area contributed by atoms with E-state index >= 15 is 0 Å². The Hall–Kier alpha value is -2.18. The maximum Gasteiger partial charge on any atom is 0.140 e. The van der Waals surface area contributed by atoms with Crippen LogP contribution in [0.4, 0.5) is 0 Å². The zero-order valence-electron chi connectivity index (χ0n) is 15.3. The van der Waals surface area contributed by atoms with Gasteiger partial charge in [-0.1, -0.05) is 0 Å². The third-order valence-electron chi connectivity index (χ3n) is 4.66. The number of hydrogen-bond donors (Lipinski definition) is 1. The van der Waals surface area contributed by atoms with Crippen LogP contribution in [0.1, 0.15) is 12.5 Å². The average molecular weight is 341 g/mol. The molecule has 0 radical (unpaired) electrons. The Kier molecular flexibility index (Phi) is 5.83. The van der Waals surface area contributed by atoms with Gasteiger partial charge in [0.1, 0.15) is 5.65 Å². The molecular formula is C19H27N5O. The maximum absolute atomic E-state index is 5.43. The second-order valence-corrected chi connectivity index (χ2v) is 6.25. The summed E-state index contributed by atoms with van der Waals surface area (Å²) in [7, 11) is 3.76. The molecule has 134 valence electrons. The van der Waals surface area contributed by atoms with Crippen LogP contribution < -0.4 is 5.32 Å². The molecule has 6 nitrogen and oxygen atoms in total. The maximum atomic E-state index is 5.43. The number of aliphatic imine (C=N–C) groups is 1. The number of nitrogens with zero attached hydrogens (tertiary/aromatic N) is 4. The normalized spacial score (nSPS) is 17.2. The molecule has 0 aromatic carbocycles. The highest BCUT2D eigenvalue weighted by atomic mass is 16.5. The van der Waals surface area contributed by atoms with E-state index in [0.717, 1.165) is 67.4 Å². The predicted octanol–water partition coefficient (Wildman–Crippen LogP) is 1.91. The summed E-state index contributed by atoms with van der Waals surface area (Å²) in [6.45, 7) is 7.64. The van der Waals surface area contributed by atoms with Crippen molar-refractivity contribution in [3.8, 4) is 0 Å². The zero-order chi connectivity index (χ0) is 17.6. The van der Waals surface area contributed by atoms with Crippen LogP contribution in [-0.2, 0) is 11.3 Å². The molecule has 25 heavy (non-hydrogen) atoms. The van der Waals surface area contributed by atoms with Crippen molar-refractivity contribution < 1.29 is 4.74 Å². The van der Waals surface area contributed by atoms with Crippen molar-refractivity contribution in [1.29, 1.82) is 0 Å². The number of allylic oxidation sites excluding steroid dienone is 2.